The first-order valence-electron chi connectivity index (χ1n) is 6.71. The predicted octanol–water partition coefficient (Wildman–Crippen LogP) is 2.63. The first kappa shape index (κ1) is 12.3. The van der Waals surface area contributed by atoms with Crippen molar-refractivity contribution >= 4 is 11.8 Å². The summed E-state index contributed by atoms with van der Waals surface area (Å²) in [6.45, 7) is 0. The monoisotopic (exact) mass is 264 g/mol. The first-order valence-corrected chi connectivity index (χ1v) is 7.76. The van der Waals surface area contributed by atoms with Crippen molar-refractivity contribution in [1.29, 1.82) is 0 Å². The molecular formula is C14H20N2OS. The van der Waals surface area contributed by atoms with Crippen molar-refractivity contribution in [2.24, 2.45) is 5.84 Å². The van der Waals surface area contributed by atoms with Gasteiger partial charge in [0.2, 0.25) is 0 Å². The molecule has 0 amide bonds. The first-order chi connectivity index (χ1) is 8.86. The van der Waals surface area contributed by atoms with Gasteiger partial charge in [0, 0.05) is 5.25 Å². The molecule has 2 unspecified atom stereocenters. The van der Waals surface area contributed by atoms with Gasteiger partial charge in [0.05, 0.1) is 12.1 Å². The number of hydrogen-bond acceptors (Lipinski definition) is 4. The summed E-state index contributed by atoms with van der Waals surface area (Å²) in [7, 11) is 0. The van der Waals surface area contributed by atoms with Crippen LogP contribution in [-0.2, 0) is 0 Å². The van der Waals surface area contributed by atoms with Gasteiger partial charge < -0.3 is 4.74 Å². The molecule has 1 aliphatic heterocycles. The summed E-state index contributed by atoms with van der Waals surface area (Å²) in [6, 6.07) is 8.62. The zero-order valence-electron chi connectivity index (χ0n) is 10.5. The predicted molar refractivity (Wildman–Crippen MR) is 75.6 cm³/mol. The Labute approximate surface area is 112 Å². The summed E-state index contributed by atoms with van der Waals surface area (Å²) < 4.78 is 5.85. The van der Waals surface area contributed by atoms with Crippen molar-refractivity contribution in [3.8, 4) is 5.75 Å². The molecule has 3 nitrogen and oxygen atoms in total. The molecule has 1 saturated carbocycles. The molecule has 0 bridgehead atoms. The Morgan fingerprint density at radius 3 is 2.89 bits per heavy atom. The van der Waals surface area contributed by atoms with Crippen LogP contribution in [0.2, 0.25) is 0 Å². The number of hydrazine groups is 1. The molecule has 1 aliphatic carbocycles. The number of nitrogens with two attached hydrogens (primary N) is 1. The van der Waals surface area contributed by atoms with E-state index in [0.717, 1.165) is 5.75 Å². The summed E-state index contributed by atoms with van der Waals surface area (Å²) in [5.74, 6) is 7.98. The highest BCUT2D eigenvalue weighted by Crippen LogP contribution is 2.37. The van der Waals surface area contributed by atoms with Gasteiger partial charge in [-0.3, -0.25) is 11.3 Å². The van der Waals surface area contributed by atoms with Crippen LogP contribution in [0.3, 0.4) is 0 Å². The van der Waals surface area contributed by atoms with E-state index in [1.165, 1.54) is 37.0 Å². The number of ether oxygens (including phenoxy) is 1. The van der Waals surface area contributed by atoms with E-state index >= 15 is 0 Å². The van der Waals surface area contributed by atoms with Crippen LogP contribution in [0, 0.1) is 0 Å². The standard InChI is InChI=1S/C14H20N2OS/c15-16-14(13-5-2-8-18-13)10-3-1-4-12(9-10)17-11-6-7-11/h1,3-4,9,11,13-14,16H,2,5-8,15H2. The molecule has 2 aliphatic rings. The zero-order valence-corrected chi connectivity index (χ0v) is 11.3. The van der Waals surface area contributed by atoms with E-state index in [9.17, 15) is 0 Å². The highest BCUT2D eigenvalue weighted by atomic mass is 32.2. The summed E-state index contributed by atoms with van der Waals surface area (Å²) in [4.78, 5) is 0. The van der Waals surface area contributed by atoms with E-state index in [-0.39, 0.29) is 6.04 Å². The van der Waals surface area contributed by atoms with Gasteiger partial charge in [-0.25, -0.2) is 0 Å². The Hall–Kier alpha value is -0.710. The molecule has 2 atom stereocenters. The molecule has 1 heterocycles. The minimum atomic E-state index is 0.236. The van der Waals surface area contributed by atoms with Crippen molar-refractivity contribution in [1.82, 2.24) is 5.43 Å². The molecule has 1 aromatic rings. The lowest BCUT2D eigenvalue weighted by atomic mass is 10.0. The van der Waals surface area contributed by atoms with Crippen molar-refractivity contribution < 1.29 is 4.74 Å². The average molecular weight is 264 g/mol. The lowest BCUT2D eigenvalue weighted by Gasteiger charge is -2.22. The molecule has 98 valence electrons. The molecule has 3 N–H and O–H groups in total. The van der Waals surface area contributed by atoms with Gasteiger partial charge in [0.25, 0.3) is 0 Å². The third kappa shape index (κ3) is 2.82. The molecule has 18 heavy (non-hydrogen) atoms. The average Bonchev–Trinajstić information content (AvgIpc) is 3.04. The fourth-order valence-corrected chi connectivity index (χ4v) is 3.84. The fourth-order valence-electron chi connectivity index (χ4n) is 2.44. The maximum Gasteiger partial charge on any atom is 0.120 e. The van der Waals surface area contributed by atoms with Gasteiger partial charge >= 0.3 is 0 Å². The maximum atomic E-state index is 5.85. The van der Waals surface area contributed by atoms with Gasteiger partial charge in [0.1, 0.15) is 5.75 Å². The van der Waals surface area contributed by atoms with E-state index in [4.69, 9.17) is 10.6 Å². The smallest absolute Gasteiger partial charge is 0.120 e. The molecule has 0 radical (unpaired) electrons. The Morgan fingerprint density at radius 2 is 2.22 bits per heavy atom. The van der Waals surface area contributed by atoms with E-state index in [2.05, 4.69) is 23.6 Å². The van der Waals surface area contributed by atoms with Crippen LogP contribution in [0.1, 0.15) is 37.3 Å². The second-order valence-electron chi connectivity index (χ2n) is 5.09. The van der Waals surface area contributed by atoms with Crippen molar-refractivity contribution in [2.75, 3.05) is 5.75 Å². The highest BCUT2D eigenvalue weighted by Gasteiger charge is 2.27. The number of nitrogens with one attached hydrogen (secondary N) is 1. The summed E-state index contributed by atoms with van der Waals surface area (Å²) >= 11 is 2.02. The topological polar surface area (TPSA) is 47.3 Å². The van der Waals surface area contributed by atoms with Gasteiger partial charge in [-0.15, -0.1) is 0 Å². The van der Waals surface area contributed by atoms with Gasteiger partial charge in [-0.2, -0.15) is 11.8 Å². The molecule has 1 aromatic carbocycles. The van der Waals surface area contributed by atoms with Gasteiger partial charge in [0.15, 0.2) is 0 Å². The summed E-state index contributed by atoms with van der Waals surface area (Å²) in [5, 5.41) is 0.589. The third-order valence-corrected chi connectivity index (χ3v) is 5.02. The molecule has 2 fully saturated rings. The highest BCUT2D eigenvalue weighted by molar-refractivity contribution is 8.00. The maximum absolute atomic E-state index is 5.85. The molecule has 3 rings (SSSR count). The van der Waals surface area contributed by atoms with E-state index < -0.39 is 0 Å². The Kier molecular flexibility index (Phi) is 3.77. The van der Waals surface area contributed by atoms with E-state index in [1.54, 1.807) is 0 Å². The Morgan fingerprint density at radius 1 is 1.33 bits per heavy atom. The number of hydrogen-bond donors (Lipinski definition) is 2. The van der Waals surface area contributed by atoms with Crippen molar-refractivity contribution in [2.45, 2.75) is 43.1 Å². The van der Waals surface area contributed by atoms with E-state index in [0.29, 0.717) is 11.4 Å². The van der Waals surface area contributed by atoms with Crippen LogP contribution >= 0.6 is 11.8 Å². The normalized spacial score (nSPS) is 25.1. The van der Waals surface area contributed by atoms with Crippen LogP contribution in [0.15, 0.2) is 24.3 Å². The largest absolute Gasteiger partial charge is 0.490 e. The molecule has 4 heteroatoms. The van der Waals surface area contributed by atoms with E-state index in [1.807, 2.05) is 17.8 Å². The van der Waals surface area contributed by atoms with Crippen molar-refractivity contribution in [3.05, 3.63) is 29.8 Å². The quantitative estimate of drug-likeness (QED) is 0.634. The molecule has 0 spiro atoms. The summed E-state index contributed by atoms with van der Waals surface area (Å²) in [6.07, 6.45) is 5.38. The van der Waals surface area contributed by atoms with Crippen LogP contribution in [0.25, 0.3) is 0 Å². The molecular weight excluding hydrogens is 244 g/mol. The number of benzene rings is 1. The molecule has 1 saturated heterocycles. The molecule has 0 aromatic heterocycles. The number of thioether (sulfide) groups is 1. The SMILES string of the molecule is NNC(c1cccc(OC2CC2)c1)C1CCCS1. The lowest BCUT2D eigenvalue weighted by Crippen LogP contribution is -2.34. The lowest BCUT2D eigenvalue weighted by molar-refractivity contribution is 0.302. The fraction of sp³-hybridized carbons (Fsp3) is 0.571. The third-order valence-electron chi connectivity index (χ3n) is 3.56. The minimum absolute atomic E-state index is 0.236. The van der Waals surface area contributed by atoms with Crippen LogP contribution in [0.5, 0.6) is 5.75 Å². The van der Waals surface area contributed by atoms with Crippen LogP contribution < -0.4 is 16.0 Å². The number of rotatable bonds is 5. The van der Waals surface area contributed by atoms with Gasteiger partial charge in [-0.1, -0.05) is 12.1 Å². The Balaban J connectivity index is 1.75. The summed E-state index contributed by atoms with van der Waals surface area (Å²) in [5.41, 5.74) is 4.23. The van der Waals surface area contributed by atoms with Crippen LogP contribution in [0.4, 0.5) is 0 Å². The second-order valence-corrected chi connectivity index (χ2v) is 6.43. The second kappa shape index (κ2) is 5.51. The zero-order chi connectivity index (χ0) is 12.4. The minimum Gasteiger partial charge on any atom is -0.490 e. The van der Waals surface area contributed by atoms with Crippen LogP contribution in [-0.4, -0.2) is 17.1 Å². The van der Waals surface area contributed by atoms with Gasteiger partial charge in [-0.05, 0) is 49.1 Å². The Bertz CT molecular complexity index is 403. The van der Waals surface area contributed by atoms with Crippen molar-refractivity contribution in [3.63, 3.8) is 0 Å².